The maximum absolute atomic E-state index is 13.2. The molecule has 0 radical (unpaired) electrons. The monoisotopic (exact) mass is 578 g/mol. The maximum Gasteiger partial charge on any atom is 0.354 e. The number of rotatable bonds is 8. The highest BCUT2D eigenvalue weighted by molar-refractivity contribution is 7.92. The van der Waals surface area contributed by atoms with Gasteiger partial charge in [0.1, 0.15) is 11.5 Å². The molecule has 4 aromatic rings. The Morgan fingerprint density at radius 3 is 2.20 bits per heavy atom. The number of methoxy groups -OCH3 is 1. The Bertz CT molecular complexity index is 1750. The number of anilines is 3. The smallest absolute Gasteiger partial charge is 0.354 e. The van der Waals surface area contributed by atoms with E-state index in [1.165, 1.54) is 19.4 Å². The van der Waals surface area contributed by atoms with Crippen molar-refractivity contribution in [1.29, 1.82) is 0 Å². The van der Waals surface area contributed by atoms with E-state index >= 15 is 0 Å². The first-order valence-corrected chi connectivity index (χ1v) is 14.3. The lowest BCUT2D eigenvalue weighted by molar-refractivity contribution is 0.0690. The molecule has 0 saturated carbocycles. The molecule has 0 atom stereocenters. The molecule has 0 bridgehead atoms. The molecule has 12 heteroatoms. The molecule has 41 heavy (non-hydrogen) atoms. The topological polar surface area (TPSA) is 156 Å². The Kier molecular flexibility index (Phi) is 8.06. The number of nitrogens with zero attached hydrogens (tertiary/aromatic N) is 1. The molecule has 4 N–H and O–H groups in total. The van der Waals surface area contributed by atoms with Gasteiger partial charge in [0.25, 0.3) is 0 Å². The van der Waals surface area contributed by atoms with Crippen LogP contribution in [0.15, 0.2) is 66.9 Å². The molecule has 0 aliphatic carbocycles. The molecule has 0 fully saturated rings. The first-order valence-electron chi connectivity index (χ1n) is 12.4. The van der Waals surface area contributed by atoms with Gasteiger partial charge in [-0.05, 0) is 41.3 Å². The Morgan fingerprint density at radius 2 is 1.56 bits per heavy atom. The van der Waals surface area contributed by atoms with Gasteiger partial charge in [0.2, 0.25) is 10.0 Å². The molecule has 11 nitrogen and oxygen atoms in total. The van der Waals surface area contributed by atoms with Gasteiger partial charge in [-0.15, -0.1) is 0 Å². The summed E-state index contributed by atoms with van der Waals surface area (Å²) >= 11 is 0. The summed E-state index contributed by atoms with van der Waals surface area (Å²) in [5, 5.41) is 16.2. The SMILES string of the molecule is COc1c(NC(=O)Nc2ccc(Oc3ccnc(C(=O)O)c3)c3ccccc23)cc(C(C)(C)C)cc1NS(C)(=O)=O. The van der Waals surface area contributed by atoms with Gasteiger partial charge in [-0.1, -0.05) is 45.0 Å². The first kappa shape index (κ1) is 29.2. The lowest BCUT2D eigenvalue weighted by Crippen LogP contribution is -2.22. The molecule has 0 saturated heterocycles. The summed E-state index contributed by atoms with van der Waals surface area (Å²) < 4.78 is 37.9. The van der Waals surface area contributed by atoms with Gasteiger partial charge < -0.3 is 25.2 Å². The Balaban J connectivity index is 1.66. The van der Waals surface area contributed by atoms with Crippen molar-refractivity contribution >= 4 is 49.9 Å². The summed E-state index contributed by atoms with van der Waals surface area (Å²) in [4.78, 5) is 28.3. The van der Waals surface area contributed by atoms with Crippen LogP contribution in [0.1, 0.15) is 36.8 Å². The molecule has 1 heterocycles. The zero-order valence-electron chi connectivity index (χ0n) is 23.1. The Labute approximate surface area is 237 Å². The van der Waals surface area contributed by atoms with E-state index in [1.807, 2.05) is 45.0 Å². The van der Waals surface area contributed by atoms with Gasteiger partial charge in [0.15, 0.2) is 11.4 Å². The van der Waals surface area contributed by atoms with E-state index in [2.05, 4.69) is 20.3 Å². The van der Waals surface area contributed by atoms with Crippen molar-refractivity contribution in [2.45, 2.75) is 26.2 Å². The predicted molar refractivity (Wildman–Crippen MR) is 158 cm³/mol. The van der Waals surface area contributed by atoms with E-state index < -0.39 is 22.0 Å². The van der Waals surface area contributed by atoms with Crippen LogP contribution in [-0.2, 0) is 15.4 Å². The summed E-state index contributed by atoms with van der Waals surface area (Å²) in [7, 11) is -2.24. The molecule has 0 spiro atoms. The maximum atomic E-state index is 13.2. The highest BCUT2D eigenvalue weighted by Gasteiger charge is 2.22. The van der Waals surface area contributed by atoms with E-state index in [-0.39, 0.29) is 28.2 Å². The number of carbonyl (C=O) groups is 2. The zero-order valence-corrected chi connectivity index (χ0v) is 23.9. The Hall–Kier alpha value is -4.84. The Morgan fingerprint density at radius 1 is 0.902 bits per heavy atom. The third-order valence-electron chi connectivity index (χ3n) is 6.01. The molecule has 0 aliphatic heterocycles. The molecule has 1 aromatic heterocycles. The van der Waals surface area contributed by atoms with Crippen LogP contribution in [0.2, 0.25) is 0 Å². The van der Waals surface area contributed by atoms with Crippen molar-refractivity contribution in [3.05, 3.63) is 78.1 Å². The number of carbonyl (C=O) groups excluding carboxylic acids is 1. The third kappa shape index (κ3) is 7.03. The largest absolute Gasteiger partial charge is 0.492 e. The van der Waals surface area contributed by atoms with E-state index in [0.717, 1.165) is 11.8 Å². The number of amides is 2. The second-order valence-electron chi connectivity index (χ2n) is 10.2. The number of sulfonamides is 1. The standard InChI is InChI=1S/C29H30N4O7S/c1-29(2,3)17-14-22(26(39-4)23(15-17)33-41(5,37)38)32-28(36)31-21-10-11-25(20-9-7-6-8-19(20)21)40-18-12-13-30-24(16-18)27(34)35/h6-16,33H,1-5H3,(H,34,35)(H2,31,32,36). The van der Waals surface area contributed by atoms with Gasteiger partial charge in [-0.25, -0.2) is 23.0 Å². The fraction of sp³-hybridized carbons (Fsp3) is 0.207. The van der Waals surface area contributed by atoms with Gasteiger partial charge in [-0.2, -0.15) is 0 Å². The third-order valence-corrected chi connectivity index (χ3v) is 6.60. The first-order chi connectivity index (χ1) is 19.2. The van der Waals surface area contributed by atoms with Crippen molar-refractivity contribution in [2.75, 3.05) is 28.7 Å². The van der Waals surface area contributed by atoms with Gasteiger partial charge in [0, 0.05) is 23.0 Å². The van der Waals surface area contributed by atoms with Crippen LogP contribution in [0.4, 0.5) is 21.9 Å². The average Bonchev–Trinajstić information content (AvgIpc) is 2.88. The van der Waals surface area contributed by atoms with Crippen LogP contribution in [-0.4, -0.2) is 43.9 Å². The van der Waals surface area contributed by atoms with Crippen molar-refractivity contribution in [3.63, 3.8) is 0 Å². The van der Waals surface area contributed by atoms with Crippen LogP contribution in [0, 0.1) is 0 Å². The van der Waals surface area contributed by atoms with Gasteiger partial charge in [-0.3, -0.25) is 4.72 Å². The molecule has 214 valence electrons. The molecular weight excluding hydrogens is 548 g/mol. The molecule has 0 aliphatic rings. The normalized spacial score (nSPS) is 11.5. The number of nitrogens with one attached hydrogen (secondary N) is 3. The number of aromatic nitrogens is 1. The summed E-state index contributed by atoms with van der Waals surface area (Å²) in [5.74, 6) is -0.268. The second-order valence-corrected chi connectivity index (χ2v) is 12.0. The minimum absolute atomic E-state index is 0.150. The molecule has 3 aromatic carbocycles. The number of pyridine rings is 1. The lowest BCUT2D eigenvalue weighted by atomic mass is 9.86. The molecule has 2 amide bonds. The number of carboxylic acids is 1. The van der Waals surface area contributed by atoms with Crippen LogP contribution in [0.3, 0.4) is 0 Å². The van der Waals surface area contributed by atoms with E-state index in [9.17, 15) is 23.1 Å². The number of benzene rings is 3. The van der Waals surface area contributed by atoms with E-state index in [0.29, 0.717) is 28.0 Å². The van der Waals surface area contributed by atoms with Crippen molar-refractivity contribution in [1.82, 2.24) is 4.98 Å². The minimum Gasteiger partial charge on any atom is -0.492 e. The van der Waals surface area contributed by atoms with Gasteiger partial charge in [0.05, 0.1) is 30.4 Å². The lowest BCUT2D eigenvalue weighted by Gasteiger charge is -2.24. The zero-order chi connectivity index (χ0) is 29.9. The van der Waals surface area contributed by atoms with Crippen LogP contribution >= 0.6 is 0 Å². The fourth-order valence-corrected chi connectivity index (χ4v) is 4.67. The average molecular weight is 579 g/mol. The number of hydrogen-bond donors (Lipinski definition) is 4. The van der Waals surface area contributed by atoms with Crippen LogP contribution in [0.5, 0.6) is 17.2 Å². The van der Waals surface area contributed by atoms with E-state index in [1.54, 1.807) is 30.3 Å². The summed E-state index contributed by atoms with van der Waals surface area (Å²) in [6.45, 7) is 5.90. The fourth-order valence-electron chi connectivity index (χ4n) is 4.11. The van der Waals surface area contributed by atoms with Gasteiger partial charge >= 0.3 is 12.0 Å². The minimum atomic E-state index is -3.63. The number of carboxylic acid groups (broad SMARTS) is 1. The number of urea groups is 1. The summed E-state index contributed by atoms with van der Waals surface area (Å²) in [5.41, 5.74) is 1.22. The second kappa shape index (κ2) is 11.3. The van der Waals surface area contributed by atoms with Crippen molar-refractivity contribution < 1.29 is 32.6 Å². The molecule has 4 rings (SSSR count). The number of aromatic carboxylic acids is 1. The van der Waals surface area contributed by atoms with Crippen molar-refractivity contribution in [3.8, 4) is 17.2 Å². The summed E-state index contributed by atoms with van der Waals surface area (Å²) in [6, 6.07) is 16.3. The van der Waals surface area contributed by atoms with Crippen LogP contribution in [0.25, 0.3) is 10.8 Å². The van der Waals surface area contributed by atoms with Crippen molar-refractivity contribution in [2.24, 2.45) is 0 Å². The van der Waals surface area contributed by atoms with E-state index in [4.69, 9.17) is 9.47 Å². The quantitative estimate of drug-likeness (QED) is 0.197. The molecule has 0 unspecified atom stereocenters. The summed E-state index contributed by atoms with van der Waals surface area (Å²) in [6.07, 6.45) is 2.38. The van der Waals surface area contributed by atoms with Crippen LogP contribution < -0.4 is 24.8 Å². The predicted octanol–water partition coefficient (Wildman–Crippen LogP) is 6.05. The molecular formula is C29H30N4O7S. The highest BCUT2D eigenvalue weighted by Crippen LogP contribution is 2.39. The number of hydrogen-bond acceptors (Lipinski definition) is 7. The number of ether oxygens (including phenoxy) is 2. The highest BCUT2D eigenvalue weighted by atomic mass is 32.2. The number of fused-ring (bicyclic) bond motifs is 1.